The van der Waals surface area contributed by atoms with E-state index in [2.05, 4.69) is 0 Å². The number of hydrogen-bond acceptors (Lipinski definition) is 2. The van der Waals surface area contributed by atoms with Crippen LogP contribution in [0.15, 0.2) is 0 Å². The zero-order valence-corrected chi connectivity index (χ0v) is 6.39. The van der Waals surface area contributed by atoms with E-state index in [1.54, 1.807) is 0 Å². The highest BCUT2D eigenvalue weighted by Gasteiger charge is 2.45. The number of carbonyl (C=O) groups is 2. The lowest BCUT2D eigenvalue weighted by Crippen LogP contribution is -2.47. The molecular formula is C8H12O2. The van der Waals surface area contributed by atoms with Crippen LogP contribution in [0.5, 0.6) is 0 Å². The van der Waals surface area contributed by atoms with E-state index in [1.165, 1.54) is 0 Å². The Morgan fingerprint density at radius 2 is 1.30 bits per heavy atom. The lowest BCUT2D eigenvalue weighted by molar-refractivity contribution is -0.153. The average molecular weight is 140 g/mol. The van der Waals surface area contributed by atoms with Crippen LogP contribution in [-0.2, 0) is 9.59 Å². The zero-order valence-electron chi connectivity index (χ0n) is 6.39. The maximum atomic E-state index is 10.8. The van der Waals surface area contributed by atoms with Crippen LogP contribution < -0.4 is 0 Å². The predicted octanol–water partition coefficient (Wildman–Crippen LogP) is 1.19. The lowest BCUT2D eigenvalue weighted by Gasteiger charge is -2.31. The molecule has 0 aromatic rings. The summed E-state index contributed by atoms with van der Waals surface area (Å²) in [4.78, 5) is 21.6. The molecular weight excluding hydrogens is 128 g/mol. The molecule has 1 fully saturated rings. The van der Waals surface area contributed by atoms with Crippen molar-refractivity contribution in [2.75, 3.05) is 0 Å². The molecule has 1 saturated carbocycles. The van der Waals surface area contributed by atoms with Crippen molar-refractivity contribution < 1.29 is 9.59 Å². The van der Waals surface area contributed by atoms with Crippen molar-refractivity contribution in [3.8, 4) is 0 Å². The minimum atomic E-state index is -0.144. The summed E-state index contributed by atoms with van der Waals surface area (Å²) in [6.07, 6.45) is 1.64. The molecule has 0 N–H and O–H groups in total. The fourth-order valence-corrected chi connectivity index (χ4v) is 1.57. The number of rotatable bonds is 2. The summed E-state index contributed by atoms with van der Waals surface area (Å²) in [6.45, 7) is 3.91. The highest BCUT2D eigenvalue weighted by atomic mass is 16.2. The summed E-state index contributed by atoms with van der Waals surface area (Å²) in [5.74, 6) is -0.182. The Labute approximate surface area is 60.6 Å². The molecule has 0 bridgehead atoms. The smallest absolute Gasteiger partial charge is 0.202 e. The third-order valence-corrected chi connectivity index (χ3v) is 2.28. The van der Waals surface area contributed by atoms with Gasteiger partial charge >= 0.3 is 0 Å². The fourth-order valence-electron chi connectivity index (χ4n) is 1.57. The second-order valence-corrected chi connectivity index (χ2v) is 2.76. The molecule has 0 heterocycles. The lowest BCUT2D eigenvalue weighted by atomic mass is 9.68. The van der Waals surface area contributed by atoms with Crippen LogP contribution >= 0.6 is 0 Å². The maximum Gasteiger partial charge on any atom is 0.202 e. The average Bonchev–Trinajstić information content (AvgIpc) is 1.97. The first-order chi connectivity index (χ1) is 4.72. The van der Waals surface area contributed by atoms with Crippen molar-refractivity contribution in [1.29, 1.82) is 0 Å². The van der Waals surface area contributed by atoms with Gasteiger partial charge in [-0.3, -0.25) is 9.59 Å². The van der Waals surface area contributed by atoms with Crippen LogP contribution in [0.4, 0.5) is 0 Å². The van der Waals surface area contributed by atoms with E-state index in [0.29, 0.717) is 0 Å². The molecule has 1 rings (SSSR count). The minimum absolute atomic E-state index is 0.0532. The fraction of sp³-hybridized carbons (Fsp3) is 0.750. The topological polar surface area (TPSA) is 34.1 Å². The van der Waals surface area contributed by atoms with Crippen molar-refractivity contribution in [2.45, 2.75) is 26.7 Å². The van der Waals surface area contributed by atoms with Gasteiger partial charge in [-0.1, -0.05) is 13.8 Å². The molecule has 0 saturated heterocycles. The summed E-state index contributed by atoms with van der Waals surface area (Å²) in [7, 11) is 0. The zero-order chi connectivity index (χ0) is 7.72. The van der Waals surface area contributed by atoms with Crippen LogP contribution in [0.2, 0.25) is 0 Å². The maximum absolute atomic E-state index is 10.8. The number of carbonyl (C=O) groups excluding carboxylic acids is 2. The molecule has 2 nitrogen and oxygen atoms in total. The SMILES string of the molecule is CCC1C(=O)C(=O)C1CC. The first-order valence-corrected chi connectivity index (χ1v) is 3.80. The molecule has 1 aliphatic rings. The van der Waals surface area contributed by atoms with Crippen molar-refractivity contribution in [3.05, 3.63) is 0 Å². The van der Waals surface area contributed by atoms with E-state index in [4.69, 9.17) is 0 Å². The van der Waals surface area contributed by atoms with E-state index in [0.717, 1.165) is 12.8 Å². The summed E-state index contributed by atoms with van der Waals surface area (Å²) < 4.78 is 0. The van der Waals surface area contributed by atoms with Crippen molar-refractivity contribution in [1.82, 2.24) is 0 Å². The third kappa shape index (κ3) is 0.789. The van der Waals surface area contributed by atoms with E-state index in [9.17, 15) is 9.59 Å². The molecule has 2 heteroatoms. The molecule has 56 valence electrons. The van der Waals surface area contributed by atoms with Gasteiger partial charge in [0.2, 0.25) is 11.6 Å². The van der Waals surface area contributed by atoms with Gasteiger partial charge in [-0.05, 0) is 12.8 Å². The molecule has 0 aromatic carbocycles. The summed E-state index contributed by atoms with van der Waals surface area (Å²) in [5.41, 5.74) is 0. The minimum Gasteiger partial charge on any atom is -0.291 e. The Morgan fingerprint density at radius 1 is 1.00 bits per heavy atom. The molecule has 10 heavy (non-hydrogen) atoms. The molecule has 1 aliphatic carbocycles. The van der Waals surface area contributed by atoms with Crippen LogP contribution in [-0.4, -0.2) is 11.6 Å². The second kappa shape index (κ2) is 2.52. The number of hydrogen-bond donors (Lipinski definition) is 0. The highest BCUT2D eigenvalue weighted by Crippen LogP contribution is 2.31. The normalized spacial score (nSPS) is 32.2. The Balaban J connectivity index is 2.60. The van der Waals surface area contributed by atoms with Gasteiger partial charge in [0.1, 0.15) is 0 Å². The third-order valence-electron chi connectivity index (χ3n) is 2.28. The van der Waals surface area contributed by atoms with Gasteiger partial charge in [0.25, 0.3) is 0 Å². The largest absolute Gasteiger partial charge is 0.291 e. The molecule has 0 amide bonds. The van der Waals surface area contributed by atoms with Crippen LogP contribution in [0, 0.1) is 11.8 Å². The quantitative estimate of drug-likeness (QED) is 0.540. The van der Waals surface area contributed by atoms with Crippen LogP contribution in [0.1, 0.15) is 26.7 Å². The summed E-state index contributed by atoms with van der Waals surface area (Å²) >= 11 is 0. The van der Waals surface area contributed by atoms with Gasteiger partial charge in [-0.15, -0.1) is 0 Å². The Kier molecular flexibility index (Phi) is 1.88. The first kappa shape index (κ1) is 7.45. The first-order valence-electron chi connectivity index (χ1n) is 3.80. The van der Waals surface area contributed by atoms with E-state index < -0.39 is 0 Å². The second-order valence-electron chi connectivity index (χ2n) is 2.76. The standard InChI is InChI=1S/C8H12O2/c1-3-5-6(4-2)8(10)7(5)9/h5-6H,3-4H2,1-2H3. The van der Waals surface area contributed by atoms with Crippen molar-refractivity contribution in [3.63, 3.8) is 0 Å². The number of Topliss-reactive ketones (excluding diaryl/α,β-unsaturated/α-hetero) is 2. The Morgan fingerprint density at radius 3 is 1.50 bits per heavy atom. The van der Waals surface area contributed by atoms with Crippen molar-refractivity contribution in [2.24, 2.45) is 11.8 Å². The molecule has 0 spiro atoms. The molecule has 2 atom stereocenters. The van der Waals surface area contributed by atoms with E-state index >= 15 is 0 Å². The van der Waals surface area contributed by atoms with Gasteiger partial charge in [-0.2, -0.15) is 0 Å². The Hall–Kier alpha value is -0.660. The van der Waals surface area contributed by atoms with Gasteiger partial charge in [0.05, 0.1) is 0 Å². The highest BCUT2D eigenvalue weighted by molar-refractivity contribution is 6.45. The molecule has 0 aromatic heterocycles. The number of ketones is 2. The monoisotopic (exact) mass is 140 g/mol. The summed E-state index contributed by atoms with van der Waals surface area (Å²) in [5, 5.41) is 0. The van der Waals surface area contributed by atoms with Crippen molar-refractivity contribution >= 4 is 11.6 Å². The Bertz CT molecular complexity index is 152. The van der Waals surface area contributed by atoms with E-state index in [1.807, 2.05) is 13.8 Å². The summed E-state index contributed by atoms with van der Waals surface area (Å²) in [6, 6.07) is 0. The molecule has 2 unspecified atom stereocenters. The van der Waals surface area contributed by atoms with Gasteiger partial charge < -0.3 is 0 Å². The molecule has 0 aliphatic heterocycles. The van der Waals surface area contributed by atoms with Gasteiger partial charge in [0, 0.05) is 11.8 Å². The molecule has 0 radical (unpaired) electrons. The van der Waals surface area contributed by atoms with E-state index in [-0.39, 0.29) is 23.4 Å². The van der Waals surface area contributed by atoms with Crippen LogP contribution in [0.3, 0.4) is 0 Å². The van der Waals surface area contributed by atoms with Gasteiger partial charge in [-0.25, -0.2) is 0 Å². The predicted molar refractivity (Wildman–Crippen MR) is 37.6 cm³/mol. The van der Waals surface area contributed by atoms with Crippen LogP contribution in [0.25, 0.3) is 0 Å². The van der Waals surface area contributed by atoms with Gasteiger partial charge in [0.15, 0.2) is 0 Å².